The lowest BCUT2D eigenvalue weighted by Gasteiger charge is -2.31. The zero-order chi connectivity index (χ0) is 24.1. The molecule has 0 spiro atoms. The Morgan fingerprint density at radius 2 is 2.00 bits per heavy atom. The Balaban J connectivity index is 1.88. The third-order valence-electron chi connectivity index (χ3n) is 5.51. The molecule has 3 rings (SSSR count). The summed E-state index contributed by atoms with van der Waals surface area (Å²) in [6.07, 6.45) is 5.93. The summed E-state index contributed by atoms with van der Waals surface area (Å²) in [4.78, 5) is 37.2. The van der Waals surface area contributed by atoms with Crippen LogP contribution in [0.3, 0.4) is 0 Å². The van der Waals surface area contributed by atoms with Crippen molar-refractivity contribution in [1.29, 1.82) is 0 Å². The maximum absolute atomic E-state index is 12.6. The number of fused-ring (bicyclic) bond motifs is 1. The standard InChI is InChI=1S/C24H31N3O6/c1-23(2,3)32-21(30)25-24(20(28)29,16-17-10-5-4-6-11-17)15-9-13-18-12-7-8-14-19-26-33-22(31)27(18)19/h4-6,9-11,13,18H,7-8,12,14-16H2,1-3H3,(H,25,30)(H,28,29). The molecule has 0 saturated heterocycles. The third-order valence-corrected chi connectivity index (χ3v) is 5.51. The summed E-state index contributed by atoms with van der Waals surface area (Å²) in [5, 5.41) is 16.7. The summed E-state index contributed by atoms with van der Waals surface area (Å²) >= 11 is 0. The monoisotopic (exact) mass is 457 g/mol. The van der Waals surface area contributed by atoms with Gasteiger partial charge in [-0.2, -0.15) is 0 Å². The molecule has 2 aromatic rings. The molecule has 2 atom stereocenters. The van der Waals surface area contributed by atoms with E-state index in [9.17, 15) is 19.5 Å². The van der Waals surface area contributed by atoms with Gasteiger partial charge in [-0.25, -0.2) is 14.4 Å². The molecule has 0 saturated carbocycles. The molecular formula is C24H31N3O6. The van der Waals surface area contributed by atoms with E-state index in [4.69, 9.17) is 9.26 Å². The number of ether oxygens (including phenoxy) is 1. The first-order valence-electron chi connectivity index (χ1n) is 11.1. The number of hydrogen-bond acceptors (Lipinski definition) is 6. The second-order valence-electron chi connectivity index (χ2n) is 9.36. The van der Waals surface area contributed by atoms with Crippen LogP contribution in [-0.4, -0.2) is 38.0 Å². The zero-order valence-corrected chi connectivity index (χ0v) is 19.2. The Morgan fingerprint density at radius 1 is 1.27 bits per heavy atom. The highest BCUT2D eigenvalue weighted by Gasteiger charge is 2.40. The van der Waals surface area contributed by atoms with E-state index in [1.165, 1.54) is 4.57 Å². The van der Waals surface area contributed by atoms with Crippen LogP contribution in [0.5, 0.6) is 0 Å². The van der Waals surface area contributed by atoms with Gasteiger partial charge >= 0.3 is 17.8 Å². The molecule has 2 N–H and O–H groups in total. The number of nitrogens with zero attached hydrogens (tertiary/aromatic N) is 2. The van der Waals surface area contributed by atoms with E-state index in [1.807, 2.05) is 30.3 Å². The maximum atomic E-state index is 12.6. The van der Waals surface area contributed by atoms with Crippen LogP contribution >= 0.6 is 0 Å². The molecule has 178 valence electrons. The first-order valence-corrected chi connectivity index (χ1v) is 11.1. The molecule has 1 aliphatic rings. The Bertz CT molecular complexity index is 1050. The van der Waals surface area contributed by atoms with Gasteiger partial charge in [-0.05, 0) is 45.6 Å². The summed E-state index contributed by atoms with van der Waals surface area (Å²) in [5.41, 5.74) is -1.65. The Hall–Kier alpha value is -3.36. The summed E-state index contributed by atoms with van der Waals surface area (Å²) in [5.74, 6) is -1.11. The Kier molecular flexibility index (Phi) is 7.40. The fourth-order valence-corrected chi connectivity index (χ4v) is 3.98. The van der Waals surface area contributed by atoms with Gasteiger partial charge in [0.25, 0.3) is 0 Å². The van der Waals surface area contributed by atoms with Crippen molar-refractivity contribution in [3.63, 3.8) is 0 Å². The number of aromatic nitrogens is 2. The average molecular weight is 458 g/mol. The fraction of sp³-hybridized carbons (Fsp3) is 0.500. The number of carbonyl (C=O) groups excluding carboxylic acids is 1. The number of benzene rings is 1. The van der Waals surface area contributed by atoms with Crippen LogP contribution in [0.25, 0.3) is 0 Å². The fourth-order valence-electron chi connectivity index (χ4n) is 3.98. The lowest BCUT2D eigenvalue weighted by molar-refractivity contribution is -0.144. The van der Waals surface area contributed by atoms with E-state index in [0.717, 1.165) is 18.4 Å². The van der Waals surface area contributed by atoms with Crippen LogP contribution in [0, 0.1) is 0 Å². The van der Waals surface area contributed by atoms with Crippen molar-refractivity contribution in [2.45, 2.75) is 76.5 Å². The quantitative estimate of drug-likeness (QED) is 0.608. The van der Waals surface area contributed by atoms with Crippen molar-refractivity contribution in [2.24, 2.45) is 0 Å². The molecule has 2 heterocycles. The summed E-state index contributed by atoms with van der Waals surface area (Å²) in [6.45, 7) is 5.14. The van der Waals surface area contributed by atoms with Crippen molar-refractivity contribution >= 4 is 12.1 Å². The lowest BCUT2D eigenvalue weighted by atomic mass is 9.87. The SMILES string of the molecule is CC(C)(C)OC(=O)NC(CC=CC1CCCCc2noc(=O)n21)(Cc1ccccc1)C(=O)O. The van der Waals surface area contributed by atoms with Crippen LogP contribution < -0.4 is 11.1 Å². The summed E-state index contributed by atoms with van der Waals surface area (Å²) < 4.78 is 11.7. The van der Waals surface area contributed by atoms with E-state index in [2.05, 4.69) is 10.5 Å². The predicted octanol–water partition coefficient (Wildman–Crippen LogP) is 3.64. The number of amides is 1. The number of allylic oxidation sites excluding steroid dienone is 1. The largest absolute Gasteiger partial charge is 0.479 e. The first kappa shape index (κ1) is 24.3. The zero-order valence-electron chi connectivity index (χ0n) is 19.2. The van der Waals surface area contributed by atoms with Gasteiger partial charge in [-0.1, -0.05) is 54.1 Å². The van der Waals surface area contributed by atoms with Gasteiger partial charge in [0.2, 0.25) is 0 Å². The molecular weight excluding hydrogens is 426 g/mol. The van der Waals surface area contributed by atoms with Gasteiger partial charge < -0.3 is 15.2 Å². The third kappa shape index (κ3) is 6.34. The molecule has 1 aliphatic heterocycles. The van der Waals surface area contributed by atoms with Crippen LogP contribution in [0.2, 0.25) is 0 Å². The number of nitrogens with one attached hydrogen (secondary N) is 1. The molecule has 1 aromatic heterocycles. The van der Waals surface area contributed by atoms with Gasteiger partial charge in [0.05, 0.1) is 6.04 Å². The molecule has 0 bridgehead atoms. The summed E-state index contributed by atoms with van der Waals surface area (Å²) in [7, 11) is 0. The van der Waals surface area contributed by atoms with Gasteiger partial charge in [-0.3, -0.25) is 9.09 Å². The van der Waals surface area contributed by atoms with E-state index < -0.39 is 29.0 Å². The normalized spacial score (nSPS) is 18.2. The minimum atomic E-state index is -1.63. The van der Waals surface area contributed by atoms with Crippen LogP contribution in [0.1, 0.15) is 63.9 Å². The second-order valence-corrected chi connectivity index (χ2v) is 9.36. The Labute approximate surface area is 192 Å². The maximum Gasteiger partial charge on any atom is 0.442 e. The smallest absolute Gasteiger partial charge is 0.442 e. The topological polar surface area (TPSA) is 124 Å². The van der Waals surface area contributed by atoms with Gasteiger partial charge in [0.1, 0.15) is 11.1 Å². The van der Waals surface area contributed by atoms with E-state index in [1.54, 1.807) is 32.9 Å². The number of carbonyl (C=O) groups is 2. The molecule has 0 aliphatic carbocycles. The minimum Gasteiger partial charge on any atom is -0.479 e. The molecule has 0 fully saturated rings. The Morgan fingerprint density at radius 3 is 2.67 bits per heavy atom. The number of carboxylic acids is 1. The molecule has 33 heavy (non-hydrogen) atoms. The number of aryl methyl sites for hydroxylation is 1. The molecule has 9 nitrogen and oxygen atoms in total. The van der Waals surface area contributed by atoms with Crippen molar-refractivity contribution in [3.05, 3.63) is 64.4 Å². The van der Waals surface area contributed by atoms with Gasteiger partial charge in [0.15, 0.2) is 5.82 Å². The predicted molar refractivity (Wildman–Crippen MR) is 121 cm³/mol. The highest BCUT2D eigenvalue weighted by Crippen LogP contribution is 2.25. The van der Waals surface area contributed by atoms with Crippen molar-refractivity contribution in [1.82, 2.24) is 15.0 Å². The van der Waals surface area contributed by atoms with Crippen molar-refractivity contribution in [3.8, 4) is 0 Å². The highest BCUT2D eigenvalue weighted by molar-refractivity contribution is 5.85. The van der Waals surface area contributed by atoms with Crippen molar-refractivity contribution in [2.75, 3.05) is 0 Å². The molecule has 0 radical (unpaired) electrons. The second kappa shape index (κ2) is 10.1. The van der Waals surface area contributed by atoms with E-state index in [0.29, 0.717) is 18.7 Å². The van der Waals surface area contributed by atoms with Gasteiger partial charge in [-0.15, -0.1) is 0 Å². The number of carboxylic acid groups (broad SMARTS) is 1. The average Bonchev–Trinajstić information content (AvgIpc) is 2.96. The number of aliphatic carboxylic acids is 1. The molecule has 1 amide bonds. The molecule has 9 heteroatoms. The summed E-state index contributed by atoms with van der Waals surface area (Å²) in [6, 6.07) is 8.81. The van der Waals surface area contributed by atoms with Crippen LogP contribution in [-0.2, 0) is 22.4 Å². The van der Waals surface area contributed by atoms with E-state index >= 15 is 0 Å². The van der Waals surface area contributed by atoms with Crippen LogP contribution in [0.15, 0.2) is 51.8 Å². The lowest BCUT2D eigenvalue weighted by Crippen LogP contribution is -2.56. The van der Waals surface area contributed by atoms with Crippen molar-refractivity contribution < 1.29 is 24.0 Å². The highest BCUT2D eigenvalue weighted by atomic mass is 16.6. The minimum absolute atomic E-state index is 0.00232. The van der Waals surface area contributed by atoms with Crippen LogP contribution in [0.4, 0.5) is 4.79 Å². The van der Waals surface area contributed by atoms with Gasteiger partial charge in [0, 0.05) is 12.8 Å². The number of hydrogen-bond donors (Lipinski definition) is 2. The van der Waals surface area contributed by atoms with E-state index in [-0.39, 0.29) is 18.9 Å². The number of rotatable bonds is 7. The molecule has 2 unspecified atom stereocenters. The first-order chi connectivity index (χ1) is 15.6. The molecule has 1 aromatic carbocycles. The number of alkyl carbamates (subject to hydrolysis) is 1.